The van der Waals surface area contributed by atoms with Crippen molar-refractivity contribution in [2.75, 3.05) is 13.9 Å². The van der Waals surface area contributed by atoms with Crippen LogP contribution < -0.4 is 0 Å². The quantitative estimate of drug-likeness (QED) is 0.454. The zero-order valence-corrected chi connectivity index (χ0v) is 13.4. The molecule has 21 heavy (non-hydrogen) atoms. The Morgan fingerprint density at radius 3 is 2.76 bits per heavy atom. The van der Waals surface area contributed by atoms with Gasteiger partial charge in [-0.3, -0.25) is 0 Å². The number of fused-ring (bicyclic) bond motifs is 1. The third-order valence-corrected chi connectivity index (χ3v) is 6.25. The third kappa shape index (κ3) is 1.76. The molecule has 2 bridgehead atoms. The van der Waals surface area contributed by atoms with Gasteiger partial charge in [-0.1, -0.05) is 13.5 Å². The maximum atomic E-state index is 11.9. The first kappa shape index (κ1) is 15.2. The molecule has 0 aromatic carbocycles. The molecular formula is C17H26O4. The SMILES string of the molecule is C=C1CCC[C@@]2(C)CC[C@@]3(OCOC)O[C@@]12C[C@@]3(C)C=O. The van der Waals surface area contributed by atoms with Crippen LogP contribution in [0.25, 0.3) is 0 Å². The molecule has 0 aromatic heterocycles. The first-order chi connectivity index (χ1) is 9.87. The number of carbonyl (C=O) groups excluding carboxylic acids is 1. The number of carbonyl (C=O) groups is 1. The number of rotatable bonds is 4. The van der Waals surface area contributed by atoms with E-state index < -0.39 is 16.8 Å². The molecule has 118 valence electrons. The smallest absolute Gasteiger partial charge is 0.184 e. The molecule has 0 unspecified atom stereocenters. The van der Waals surface area contributed by atoms with Crippen molar-refractivity contribution in [3.05, 3.63) is 12.2 Å². The predicted molar refractivity (Wildman–Crippen MR) is 78.6 cm³/mol. The summed E-state index contributed by atoms with van der Waals surface area (Å²) in [4.78, 5) is 11.9. The Hall–Kier alpha value is -0.710. The van der Waals surface area contributed by atoms with Gasteiger partial charge < -0.3 is 19.0 Å². The molecule has 0 radical (unpaired) electrons. The zero-order valence-electron chi connectivity index (χ0n) is 13.4. The van der Waals surface area contributed by atoms with Gasteiger partial charge in [-0.2, -0.15) is 0 Å². The molecule has 1 aliphatic carbocycles. The normalized spacial score (nSPS) is 49.0. The summed E-state index contributed by atoms with van der Waals surface area (Å²) in [6.07, 6.45) is 6.68. The number of methoxy groups -OCH3 is 1. The highest BCUT2D eigenvalue weighted by atomic mass is 16.8. The fraction of sp³-hybridized carbons (Fsp3) is 0.824. The number of aldehydes is 1. The minimum atomic E-state index is -0.870. The van der Waals surface area contributed by atoms with Gasteiger partial charge in [0.1, 0.15) is 13.1 Å². The first-order valence-electron chi connectivity index (χ1n) is 7.85. The Morgan fingerprint density at radius 2 is 2.10 bits per heavy atom. The molecule has 4 atom stereocenters. The van der Waals surface area contributed by atoms with Gasteiger partial charge in [0.15, 0.2) is 5.79 Å². The lowest BCUT2D eigenvalue weighted by Crippen LogP contribution is -2.57. The van der Waals surface area contributed by atoms with Crippen LogP contribution in [0.15, 0.2) is 12.2 Å². The number of ether oxygens (including phenoxy) is 3. The highest BCUT2D eigenvalue weighted by Crippen LogP contribution is 2.69. The van der Waals surface area contributed by atoms with Crippen LogP contribution in [0.1, 0.15) is 52.4 Å². The van der Waals surface area contributed by atoms with Crippen LogP contribution >= 0.6 is 0 Å². The monoisotopic (exact) mass is 294 g/mol. The van der Waals surface area contributed by atoms with Gasteiger partial charge in [0.05, 0.1) is 11.0 Å². The molecule has 0 aromatic rings. The van der Waals surface area contributed by atoms with Crippen LogP contribution in [0.4, 0.5) is 0 Å². The van der Waals surface area contributed by atoms with Crippen LogP contribution in [0.5, 0.6) is 0 Å². The average Bonchev–Trinajstić information content (AvgIpc) is 2.69. The summed E-state index contributed by atoms with van der Waals surface area (Å²) in [7, 11) is 1.59. The minimum absolute atomic E-state index is 0.0586. The molecule has 4 nitrogen and oxygen atoms in total. The summed E-state index contributed by atoms with van der Waals surface area (Å²) in [5.74, 6) is -0.870. The molecule has 1 spiro atoms. The van der Waals surface area contributed by atoms with Crippen molar-refractivity contribution in [2.45, 2.75) is 63.8 Å². The topological polar surface area (TPSA) is 44.8 Å². The molecule has 2 saturated heterocycles. The lowest BCUT2D eigenvalue weighted by Gasteiger charge is -2.55. The van der Waals surface area contributed by atoms with E-state index in [0.29, 0.717) is 6.42 Å². The Morgan fingerprint density at radius 1 is 1.33 bits per heavy atom. The second kappa shape index (κ2) is 4.64. The third-order valence-electron chi connectivity index (χ3n) is 6.25. The second-order valence-electron chi connectivity index (χ2n) is 7.46. The van der Waals surface area contributed by atoms with E-state index in [0.717, 1.165) is 44.0 Å². The summed E-state index contributed by atoms with van der Waals surface area (Å²) >= 11 is 0. The minimum Gasteiger partial charge on any atom is -0.359 e. The van der Waals surface area contributed by atoms with E-state index in [4.69, 9.17) is 14.2 Å². The van der Waals surface area contributed by atoms with Gasteiger partial charge >= 0.3 is 0 Å². The highest BCUT2D eigenvalue weighted by Gasteiger charge is 2.73. The molecule has 2 aliphatic heterocycles. The molecular weight excluding hydrogens is 268 g/mol. The van der Waals surface area contributed by atoms with Crippen molar-refractivity contribution in [3.63, 3.8) is 0 Å². The van der Waals surface area contributed by atoms with Gasteiger partial charge in [-0.25, -0.2) is 0 Å². The fourth-order valence-corrected chi connectivity index (χ4v) is 4.80. The highest BCUT2D eigenvalue weighted by molar-refractivity contribution is 5.63. The number of hydrogen-bond donors (Lipinski definition) is 0. The molecule has 3 fully saturated rings. The molecule has 0 N–H and O–H groups in total. The van der Waals surface area contributed by atoms with Gasteiger partial charge in [0.25, 0.3) is 0 Å². The number of hydrogen-bond acceptors (Lipinski definition) is 4. The van der Waals surface area contributed by atoms with Crippen LogP contribution in [0, 0.1) is 10.8 Å². The molecule has 4 heteroatoms. The van der Waals surface area contributed by atoms with Crippen molar-refractivity contribution in [1.29, 1.82) is 0 Å². The lowest BCUT2D eigenvalue weighted by atomic mass is 9.58. The Bertz CT molecular complexity index is 475. The van der Waals surface area contributed by atoms with E-state index in [1.807, 2.05) is 6.92 Å². The summed E-state index contributed by atoms with van der Waals surface area (Å²) < 4.78 is 17.6. The van der Waals surface area contributed by atoms with Crippen molar-refractivity contribution in [2.24, 2.45) is 10.8 Å². The molecule has 0 amide bonds. The average molecular weight is 294 g/mol. The molecule has 2 heterocycles. The van der Waals surface area contributed by atoms with Gasteiger partial charge in [-0.05, 0) is 44.6 Å². The molecule has 1 saturated carbocycles. The molecule has 3 rings (SSSR count). The summed E-state index contributed by atoms with van der Waals surface area (Å²) in [6.45, 7) is 8.68. The van der Waals surface area contributed by atoms with E-state index in [1.165, 1.54) is 0 Å². The maximum Gasteiger partial charge on any atom is 0.184 e. The van der Waals surface area contributed by atoms with Crippen LogP contribution in [0.3, 0.4) is 0 Å². The van der Waals surface area contributed by atoms with Crippen LogP contribution in [0.2, 0.25) is 0 Å². The predicted octanol–water partition coefficient (Wildman–Crippen LogP) is 3.21. The van der Waals surface area contributed by atoms with Gasteiger partial charge in [0.2, 0.25) is 0 Å². The Kier molecular flexibility index (Phi) is 3.36. The summed E-state index contributed by atoms with van der Waals surface area (Å²) in [5.41, 5.74) is 0.117. The van der Waals surface area contributed by atoms with Crippen molar-refractivity contribution in [3.8, 4) is 0 Å². The Balaban J connectivity index is 2.06. The largest absolute Gasteiger partial charge is 0.359 e. The van der Waals surface area contributed by atoms with Crippen LogP contribution in [-0.4, -0.2) is 31.6 Å². The van der Waals surface area contributed by atoms with Crippen molar-refractivity contribution in [1.82, 2.24) is 0 Å². The van der Waals surface area contributed by atoms with E-state index in [-0.39, 0.29) is 12.2 Å². The van der Waals surface area contributed by atoms with Crippen LogP contribution in [-0.2, 0) is 19.0 Å². The van der Waals surface area contributed by atoms with Crippen molar-refractivity contribution >= 4 is 6.29 Å². The van der Waals surface area contributed by atoms with E-state index in [1.54, 1.807) is 7.11 Å². The molecule has 3 aliphatic rings. The second-order valence-corrected chi connectivity index (χ2v) is 7.46. The van der Waals surface area contributed by atoms with E-state index in [9.17, 15) is 4.79 Å². The zero-order chi connectivity index (χ0) is 15.4. The first-order valence-corrected chi connectivity index (χ1v) is 7.85. The van der Waals surface area contributed by atoms with E-state index >= 15 is 0 Å². The van der Waals surface area contributed by atoms with Gasteiger partial charge in [-0.15, -0.1) is 0 Å². The summed E-state index contributed by atoms with van der Waals surface area (Å²) in [5, 5.41) is 0. The lowest BCUT2D eigenvalue weighted by molar-refractivity contribution is -0.336. The van der Waals surface area contributed by atoms with Crippen molar-refractivity contribution < 1.29 is 19.0 Å². The van der Waals surface area contributed by atoms with E-state index in [2.05, 4.69) is 13.5 Å². The maximum absolute atomic E-state index is 11.9. The standard InChI is InChI=1S/C17H26O4/c1-13-6-5-7-14(2)8-9-17(20-12-19-4)15(3,11-18)10-16(13,14)21-17/h11H,1,5-10,12H2,2-4H3/t14-,15-,16-,17+/m0/s1. The Labute approximate surface area is 126 Å². The van der Waals surface area contributed by atoms with Gasteiger partial charge in [0, 0.05) is 18.9 Å². The summed E-state index contributed by atoms with van der Waals surface area (Å²) in [6, 6.07) is 0. The fourth-order valence-electron chi connectivity index (χ4n) is 4.80.